The van der Waals surface area contributed by atoms with Crippen LogP contribution < -0.4 is 0 Å². The molecule has 0 saturated carbocycles. The average Bonchev–Trinajstić information content (AvgIpc) is 3.43. The van der Waals surface area contributed by atoms with Gasteiger partial charge in [-0.3, -0.25) is 0 Å². The number of para-hydroxylation sites is 1. The van der Waals surface area contributed by atoms with E-state index < -0.39 is 0 Å². The molecule has 0 radical (unpaired) electrons. The standard InChI is InChI=1S/C37H22ClN3O/c38-37-40-35(28-18-17-26-19-25(15-16-27(26)20-28)23-9-3-1-4-10-23)39-36(41-37)29-21-31(24-11-5-2-6-12-24)34-32(22-29)30-13-7-8-14-33(30)42-34/h1-22H. The molecule has 0 aliphatic carbocycles. The minimum absolute atomic E-state index is 0.146. The molecule has 0 atom stereocenters. The molecule has 198 valence electrons. The Morgan fingerprint density at radius 3 is 1.83 bits per heavy atom. The summed E-state index contributed by atoms with van der Waals surface area (Å²) in [4.78, 5) is 14.0. The Bertz CT molecular complexity index is 2260. The average molecular weight is 560 g/mol. The molecule has 0 aliphatic rings. The van der Waals surface area contributed by atoms with E-state index in [1.54, 1.807) is 0 Å². The fraction of sp³-hybridized carbons (Fsp3) is 0. The van der Waals surface area contributed by atoms with Crippen LogP contribution in [-0.2, 0) is 0 Å². The molecule has 8 aromatic rings. The molecule has 0 aliphatic heterocycles. The predicted octanol–water partition coefficient (Wildman–Crippen LogP) is 10.2. The Hall–Kier alpha value is -5.32. The number of halogens is 1. The van der Waals surface area contributed by atoms with Crippen LogP contribution in [0.4, 0.5) is 0 Å². The molecule has 2 aromatic heterocycles. The first kappa shape index (κ1) is 24.5. The second-order valence-electron chi connectivity index (χ2n) is 10.3. The monoisotopic (exact) mass is 559 g/mol. The van der Waals surface area contributed by atoms with Gasteiger partial charge in [0.05, 0.1) is 0 Å². The van der Waals surface area contributed by atoms with Crippen molar-refractivity contribution in [3.8, 4) is 45.0 Å². The molecule has 0 unspecified atom stereocenters. The highest BCUT2D eigenvalue weighted by Crippen LogP contribution is 2.39. The van der Waals surface area contributed by atoms with Gasteiger partial charge in [0.25, 0.3) is 0 Å². The van der Waals surface area contributed by atoms with Crippen LogP contribution in [0.3, 0.4) is 0 Å². The van der Waals surface area contributed by atoms with Gasteiger partial charge < -0.3 is 4.42 Å². The largest absolute Gasteiger partial charge is 0.455 e. The Balaban J connectivity index is 1.26. The molecule has 2 heterocycles. The summed E-state index contributed by atoms with van der Waals surface area (Å²) < 4.78 is 6.34. The number of fused-ring (bicyclic) bond motifs is 4. The lowest BCUT2D eigenvalue weighted by Gasteiger charge is -2.09. The summed E-state index contributed by atoms with van der Waals surface area (Å²) >= 11 is 6.52. The van der Waals surface area contributed by atoms with E-state index in [0.717, 1.165) is 55.0 Å². The molecule has 0 saturated heterocycles. The summed E-state index contributed by atoms with van der Waals surface area (Å²) in [6.07, 6.45) is 0. The van der Waals surface area contributed by atoms with E-state index in [2.05, 4.69) is 94.9 Å². The molecular formula is C37H22ClN3O. The maximum atomic E-state index is 6.52. The fourth-order valence-corrected chi connectivity index (χ4v) is 5.75. The van der Waals surface area contributed by atoms with Crippen molar-refractivity contribution in [1.82, 2.24) is 15.0 Å². The molecule has 0 N–H and O–H groups in total. The third-order valence-electron chi connectivity index (χ3n) is 7.63. The van der Waals surface area contributed by atoms with Gasteiger partial charge in [-0.25, -0.2) is 4.98 Å². The van der Waals surface area contributed by atoms with Crippen molar-refractivity contribution in [1.29, 1.82) is 0 Å². The Kier molecular flexibility index (Phi) is 5.80. The van der Waals surface area contributed by atoms with E-state index in [0.29, 0.717) is 11.6 Å². The third kappa shape index (κ3) is 4.30. The number of aromatic nitrogens is 3. The molecular weight excluding hydrogens is 538 g/mol. The van der Waals surface area contributed by atoms with E-state index in [1.807, 2.05) is 48.5 Å². The zero-order valence-electron chi connectivity index (χ0n) is 22.3. The topological polar surface area (TPSA) is 51.8 Å². The molecule has 5 heteroatoms. The predicted molar refractivity (Wildman–Crippen MR) is 171 cm³/mol. The number of hydrogen-bond acceptors (Lipinski definition) is 4. The van der Waals surface area contributed by atoms with Crippen LogP contribution in [0, 0.1) is 0 Å². The van der Waals surface area contributed by atoms with Crippen LogP contribution in [0.2, 0.25) is 5.28 Å². The smallest absolute Gasteiger partial charge is 0.226 e. The molecule has 4 nitrogen and oxygen atoms in total. The van der Waals surface area contributed by atoms with Gasteiger partial charge in [-0.05, 0) is 69.4 Å². The number of benzene rings is 6. The molecule has 0 spiro atoms. The zero-order chi connectivity index (χ0) is 28.0. The van der Waals surface area contributed by atoms with Crippen molar-refractivity contribution < 1.29 is 4.42 Å². The Morgan fingerprint density at radius 2 is 1.07 bits per heavy atom. The van der Waals surface area contributed by atoms with Gasteiger partial charge >= 0.3 is 0 Å². The van der Waals surface area contributed by atoms with Gasteiger partial charge in [-0.15, -0.1) is 0 Å². The zero-order valence-corrected chi connectivity index (χ0v) is 23.1. The highest BCUT2D eigenvalue weighted by atomic mass is 35.5. The van der Waals surface area contributed by atoms with Crippen LogP contribution in [0.5, 0.6) is 0 Å². The van der Waals surface area contributed by atoms with Gasteiger partial charge in [0, 0.05) is 27.5 Å². The third-order valence-corrected chi connectivity index (χ3v) is 7.80. The lowest BCUT2D eigenvalue weighted by Crippen LogP contribution is -1.97. The summed E-state index contributed by atoms with van der Waals surface area (Å²) in [6.45, 7) is 0. The SMILES string of the molecule is Clc1nc(-c2ccc3cc(-c4ccccc4)ccc3c2)nc(-c2cc(-c3ccccc3)c3oc4ccccc4c3c2)n1. The van der Waals surface area contributed by atoms with Crippen LogP contribution in [0.25, 0.3) is 77.7 Å². The summed E-state index contributed by atoms with van der Waals surface area (Å²) in [7, 11) is 0. The van der Waals surface area contributed by atoms with Gasteiger partial charge in [-0.2, -0.15) is 9.97 Å². The van der Waals surface area contributed by atoms with Crippen LogP contribution in [0.1, 0.15) is 0 Å². The lowest BCUT2D eigenvalue weighted by molar-refractivity contribution is 0.670. The quantitative estimate of drug-likeness (QED) is 0.215. The Morgan fingerprint density at radius 1 is 0.452 bits per heavy atom. The normalized spacial score (nSPS) is 11.5. The summed E-state index contributed by atoms with van der Waals surface area (Å²) in [6, 6.07) is 45.5. The van der Waals surface area contributed by atoms with E-state index in [1.165, 1.54) is 11.1 Å². The van der Waals surface area contributed by atoms with Crippen LogP contribution in [0.15, 0.2) is 138 Å². The molecule has 6 aromatic carbocycles. The minimum atomic E-state index is 0.146. The van der Waals surface area contributed by atoms with Crippen molar-refractivity contribution in [2.45, 2.75) is 0 Å². The fourth-order valence-electron chi connectivity index (χ4n) is 5.59. The lowest BCUT2D eigenvalue weighted by atomic mass is 9.98. The molecule has 42 heavy (non-hydrogen) atoms. The van der Waals surface area contributed by atoms with Crippen molar-refractivity contribution in [3.63, 3.8) is 0 Å². The second-order valence-corrected chi connectivity index (χ2v) is 10.6. The van der Waals surface area contributed by atoms with E-state index >= 15 is 0 Å². The van der Waals surface area contributed by atoms with Gasteiger partial charge in [0.1, 0.15) is 11.2 Å². The van der Waals surface area contributed by atoms with Crippen molar-refractivity contribution >= 4 is 44.3 Å². The molecule has 8 rings (SSSR count). The molecule has 0 bridgehead atoms. The first-order valence-electron chi connectivity index (χ1n) is 13.7. The van der Waals surface area contributed by atoms with E-state index in [4.69, 9.17) is 21.0 Å². The van der Waals surface area contributed by atoms with E-state index in [9.17, 15) is 0 Å². The van der Waals surface area contributed by atoms with Crippen LogP contribution in [-0.4, -0.2) is 15.0 Å². The minimum Gasteiger partial charge on any atom is -0.455 e. The number of hydrogen-bond donors (Lipinski definition) is 0. The first-order valence-corrected chi connectivity index (χ1v) is 14.1. The van der Waals surface area contributed by atoms with Crippen LogP contribution >= 0.6 is 11.6 Å². The maximum absolute atomic E-state index is 6.52. The second kappa shape index (κ2) is 9.95. The number of rotatable bonds is 4. The van der Waals surface area contributed by atoms with Gasteiger partial charge in [0.15, 0.2) is 11.6 Å². The van der Waals surface area contributed by atoms with Crippen molar-refractivity contribution in [3.05, 3.63) is 139 Å². The summed E-state index contributed by atoms with van der Waals surface area (Å²) in [5.74, 6) is 1.03. The molecule has 0 fully saturated rings. The highest BCUT2D eigenvalue weighted by molar-refractivity contribution is 6.28. The molecule has 0 amide bonds. The maximum Gasteiger partial charge on any atom is 0.226 e. The van der Waals surface area contributed by atoms with Gasteiger partial charge in [0.2, 0.25) is 5.28 Å². The highest BCUT2D eigenvalue weighted by Gasteiger charge is 2.17. The number of nitrogens with zero attached hydrogens (tertiary/aromatic N) is 3. The van der Waals surface area contributed by atoms with Crippen molar-refractivity contribution in [2.24, 2.45) is 0 Å². The van der Waals surface area contributed by atoms with E-state index in [-0.39, 0.29) is 5.28 Å². The number of furan rings is 1. The van der Waals surface area contributed by atoms with Crippen molar-refractivity contribution in [2.75, 3.05) is 0 Å². The Labute approximate surface area is 246 Å². The summed E-state index contributed by atoms with van der Waals surface area (Å²) in [5.41, 5.74) is 7.77. The summed E-state index contributed by atoms with van der Waals surface area (Å²) in [5, 5.41) is 4.43. The van der Waals surface area contributed by atoms with Gasteiger partial charge in [-0.1, -0.05) is 103 Å². The first-order chi connectivity index (χ1) is 20.7.